The predicted octanol–water partition coefficient (Wildman–Crippen LogP) is 5.48. The number of carbonyl (C=O) groups excluding carboxylic acids is 1. The Kier molecular flexibility index (Phi) is 7.18. The van der Waals surface area contributed by atoms with Gasteiger partial charge in [-0.25, -0.2) is 4.98 Å². The molecule has 1 amide bonds. The molecule has 5 atom stereocenters. The second-order valence-electron chi connectivity index (χ2n) is 13.3. The molecular weight excluding hydrogens is 506 g/mol. The normalized spacial score (nSPS) is 34.5. The lowest BCUT2D eigenvalue weighted by Gasteiger charge is -2.43. The van der Waals surface area contributed by atoms with Crippen LogP contribution in [0.1, 0.15) is 96.4 Å². The van der Waals surface area contributed by atoms with E-state index in [0.29, 0.717) is 17.3 Å². The molecule has 5 rings (SSSR count). The van der Waals surface area contributed by atoms with Crippen molar-refractivity contribution in [3.63, 3.8) is 0 Å². The average Bonchev–Trinajstić information content (AvgIpc) is 3.52. The molecule has 1 aromatic heterocycles. The number of imidazole rings is 1. The number of hydrogen-bond donors (Lipinski definition) is 2. The van der Waals surface area contributed by atoms with Crippen LogP contribution in [0.5, 0.6) is 0 Å². The van der Waals surface area contributed by atoms with E-state index in [-0.39, 0.29) is 29.1 Å². The van der Waals surface area contributed by atoms with Crippen molar-refractivity contribution >= 4 is 12.6 Å². The number of nitriles is 1. The number of allylic oxidation sites excluding steroid dienone is 4. The summed E-state index contributed by atoms with van der Waals surface area (Å²) in [5.41, 5.74) is 1.86. The van der Waals surface area contributed by atoms with E-state index in [1.54, 1.807) is 0 Å². The number of hydrogen-bond acceptors (Lipinski definition) is 7. The number of carbonyl (C=O) groups is 1. The number of nitrogens with zero attached hydrogens (tertiary/aromatic N) is 3. The molecule has 4 heterocycles. The number of nitrogens with one attached hydrogen (secondary N) is 2. The Morgan fingerprint density at radius 1 is 1.23 bits per heavy atom. The third kappa shape index (κ3) is 5.45. The summed E-state index contributed by atoms with van der Waals surface area (Å²) < 4.78 is 19.1. The Morgan fingerprint density at radius 2 is 1.90 bits per heavy atom. The second-order valence-corrected chi connectivity index (χ2v) is 13.3. The predicted molar refractivity (Wildman–Crippen MR) is 151 cm³/mol. The topological polar surface area (TPSA) is 122 Å². The van der Waals surface area contributed by atoms with E-state index in [4.69, 9.17) is 19.5 Å². The highest BCUT2D eigenvalue weighted by Gasteiger charge is 2.68. The quantitative estimate of drug-likeness (QED) is 0.344. The summed E-state index contributed by atoms with van der Waals surface area (Å²) in [5.74, 6) is -0.615. The van der Waals surface area contributed by atoms with E-state index in [1.165, 1.54) is 6.20 Å². The molecular formula is C31H41N5O4. The van der Waals surface area contributed by atoms with Crippen molar-refractivity contribution in [3.05, 3.63) is 52.9 Å². The molecule has 9 nitrogen and oxygen atoms in total. The number of fused-ring (bicyclic) bond motifs is 5. The van der Waals surface area contributed by atoms with Gasteiger partial charge in [0.15, 0.2) is 17.3 Å². The average molecular weight is 548 g/mol. The van der Waals surface area contributed by atoms with E-state index >= 15 is 0 Å². The van der Waals surface area contributed by atoms with Gasteiger partial charge in [0.2, 0.25) is 0 Å². The molecule has 1 aliphatic carbocycles. The van der Waals surface area contributed by atoms with Gasteiger partial charge in [0.1, 0.15) is 18.3 Å². The minimum absolute atomic E-state index is 0.0703. The Balaban J connectivity index is 1.37. The van der Waals surface area contributed by atoms with Crippen LogP contribution in [0, 0.1) is 22.7 Å². The van der Waals surface area contributed by atoms with E-state index in [2.05, 4.69) is 66.8 Å². The number of H-pyrrole nitrogens is 1. The lowest BCUT2D eigenvalue weighted by molar-refractivity contribution is -0.246. The van der Waals surface area contributed by atoms with Crippen LogP contribution >= 0.6 is 0 Å². The van der Waals surface area contributed by atoms with E-state index in [1.807, 2.05) is 26.0 Å². The first-order chi connectivity index (χ1) is 18.8. The molecule has 40 heavy (non-hydrogen) atoms. The third-order valence-corrected chi connectivity index (χ3v) is 8.75. The highest BCUT2D eigenvalue weighted by molar-refractivity contribution is 5.92. The Bertz CT molecular complexity index is 1300. The van der Waals surface area contributed by atoms with E-state index < -0.39 is 22.9 Å². The van der Waals surface area contributed by atoms with Crippen LogP contribution in [0.25, 0.3) is 0 Å². The number of aromatic nitrogens is 2. The molecule has 3 aliphatic heterocycles. The van der Waals surface area contributed by atoms with Gasteiger partial charge in [-0.15, -0.1) is 0 Å². The zero-order valence-electron chi connectivity index (χ0n) is 24.5. The SMILES string of the molecule is C=N/C(C1=CCC(C)(C)CC1)=C(\C=C/C[C@H]1C[C@@]2(C)O[C@@](C)(C1)[C@@H]1OC(C)(C)O[C@@H]12)NC(=O)c1nc(C#N)c[nH]1. The Labute approximate surface area is 236 Å². The number of amides is 1. The molecule has 1 aromatic rings. The summed E-state index contributed by atoms with van der Waals surface area (Å²) in [7, 11) is 0. The molecule has 9 heteroatoms. The molecule has 214 valence electrons. The summed E-state index contributed by atoms with van der Waals surface area (Å²) in [6, 6.07) is 1.94. The van der Waals surface area contributed by atoms with Crippen molar-refractivity contribution in [2.45, 2.75) is 109 Å². The number of ether oxygens (including phenoxy) is 3. The van der Waals surface area contributed by atoms with Crippen LogP contribution in [-0.2, 0) is 14.2 Å². The molecule has 0 aromatic carbocycles. The molecule has 3 saturated heterocycles. The fourth-order valence-corrected chi connectivity index (χ4v) is 6.89. The van der Waals surface area contributed by atoms with Gasteiger partial charge in [-0.1, -0.05) is 26.0 Å². The molecule has 0 saturated carbocycles. The first kappa shape index (κ1) is 28.5. The minimum Gasteiger partial charge on any atom is -0.363 e. The maximum absolute atomic E-state index is 13.1. The fourth-order valence-electron chi connectivity index (χ4n) is 6.89. The number of aliphatic imine (C=N–C) groups is 1. The summed E-state index contributed by atoms with van der Waals surface area (Å²) in [5, 5.41) is 12.1. The highest BCUT2D eigenvalue weighted by atomic mass is 16.8. The van der Waals surface area contributed by atoms with Crippen LogP contribution in [0.15, 0.2) is 46.4 Å². The highest BCUT2D eigenvalue weighted by Crippen LogP contribution is 2.57. The van der Waals surface area contributed by atoms with Crippen molar-refractivity contribution in [2.75, 3.05) is 0 Å². The Morgan fingerprint density at radius 3 is 2.45 bits per heavy atom. The number of rotatable bonds is 7. The van der Waals surface area contributed by atoms with Gasteiger partial charge in [-0.2, -0.15) is 5.26 Å². The number of aromatic amines is 1. The van der Waals surface area contributed by atoms with Crippen LogP contribution in [0.3, 0.4) is 0 Å². The largest absolute Gasteiger partial charge is 0.363 e. The zero-order valence-corrected chi connectivity index (χ0v) is 24.5. The van der Waals surface area contributed by atoms with Crippen molar-refractivity contribution in [1.82, 2.24) is 15.3 Å². The van der Waals surface area contributed by atoms with Crippen molar-refractivity contribution in [1.29, 1.82) is 5.26 Å². The molecule has 0 unspecified atom stereocenters. The van der Waals surface area contributed by atoms with Gasteiger partial charge in [-0.3, -0.25) is 9.79 Å². The maximum atomic E-state index is 13.1. The summed E-state index contributed by atoms with van der Waals surface area (Å²) in [6.07, 6.45) is 12.8. The minimum atomic E-state index is -0.606. The second kappa shape index (κ2) is 10.1. The van der Waals surface area contributed by atoms with Crippen LogP contribution in [0.2, 0.25) is 0 Å². The van der Waals surface area contributed by atoms with Crippen molar-refractivity contribution < 1.29 is 19.0 Å². The van der Waals surface area contributed by atoms with Crippen LogP contribution in [0.4, 0.5) is 0 Å². The summed E-state index contributed by atoms with van der Waals surface area (Å²) in [4.78, 5) is 24.3. The van der Waals surface area contributed by atoms with Crippen LogP contribution < -0.4 is 5.32 Å². The summed E-state index contributed by atoms with van der Waals surface area (Å²) in [6.45, 7) is 16.5. The van der Waals surface area contributed by atoms with Crippen molar-refractivity contribution in [3.8, 4) is 6.07 Å². The van der Waals surface area contributed by atoms with Gasteiger partial charge in [0.25, 0.3) is 5.91 Å². The molecule has 0 spiro atoms. The lowest BCUT2D eigenvalue weighted by Crippen LogP contribution is -2.47. The monoisotopic (exact) mass is 547 g/mol. The maximum Gasteiger partial charge on any atom is 0.291 e. The van der Waals surface area contributed by atoms with Crippen molar-refractivity contribution in [2.24, 2.45) is 16.3 Å². The molecule has 2 bridgehead atoms. The van der Waals surface area contributed by atoms with Gasteiger partial charge in [0, 0.05) is 6.20 Å². The summed E-state index contributed by atoms with van der Waals surface area (Å²) >= 11 is 0. The molecule has 2 N–H and O–H groups in total. The first-order valence-electron chi connectivity index (χ1n) is 14.2. The third-order valence-electron chi connectivity index (χ3n) is 8.75. The standard InChI is InChI=1S/C31H41N5O4/c1-28(2)13-11-20(12-14-28)23(33-7)22(36-27(37)26-34-18-21(17-32)35-26)10-8-9-19-15-30(5)24-25(31(6,16-19)40-30)39-29(3,4)38-24/h8,10-11,18-19,24-25H,7,9,12-16H2,1-6H3,(H,34,35)(H,36,37)/b10-8-,23-22+/t19-,24-,25+,30+,31-. The van der Waals surface area contributed by atoms with Gasteiger partial charge >= 0.3 is 0 Å². The molecule has 3 fully saturated rings. The fraction of sp³-hybridized carbons (Fsp3) is 0.613. The first-order valence-corrected chi connectivity index (χ1v) is 14.2. The van der Waals surface area contributed by atoms with Gasteiger partial charge < -0.3 is 24.5 Å². The zero-order chi connectivity index (χ0) is 28.9. The molecule has 4 aliphatic rings. The smallest absolute Gasteiger partial charge is 0.291 e. The van der Waals surface area contributed by atoms with Gasteiger partial charge in [0.05, 0.1) is 22.6 Å². The van der Waals surface area contributed by atoms with E-state index in [9.17, 15) is 4.79 Å². The van der Waals surface area contributed by atoms with Crippen LogP contribution in [-0.4, -0.2) is 51.8 Å². The Hall–Kier alpha value is -3.06. The van der Waals surface area contributed by atoms with Gasteiger partial charge in [-0.05, 0) is 95.9 Å². The lowest BCUT2D eigenvalue weighted by atomic mass is 9.77. The van der Waals surface area contributed by atoms with E-state index in [0.717, 1.165) is 44.1 Å². The molecule has 0 radical (unpaired) electrons.